The molecule has 2 rings (SSSR count). The molecule has 0 aromatic carbocycles. The Hall–Kier alpha value is -2.15. The zero-order valence-electron chi connectivity index (χ0n) is 12.4. The molecule has 2 amide bonds. The number of amides is 2. The van der Waals surface area contributed by atoms with Crippen LogP contribution in [0.15, 0.2) is 16.7 Å². The molecule has 2 aromatic rings. The van der Waals surface area contributed by atoms with Gasteiger partial charge in [-0.25, -0.2) is 0 Å². The van der Waals surface area contributed by atoms with Crippen LogP contribution in [0.25, 0.3) is 0 Å². The predicted octanol–water partition coefficient (Wildman–Crippen LogP) is 2.37. The minimum absolute atomic E-state index is 0.0426. The highest BCUT2D eigenvalue weighted by molar-refractivity contribution is 7.12. The lowest BCUT2D eigenvalue weighted by molar-refractivity contribution is -0.116. The topological polar surface area (TPSA) is 75.4 Å². The highest BCUT2D eigenvalue weighted by atomic mass is 32.1. The van der Waals surface area contributed by atoms with Gasteiger partial charge in [-0.05, 0) is 26.8 Å². The Labute approximate surface area is 126 Å². The molecule has 0 aliphatic carbocycles. The van der Waals surface area contributed by atoms with Crippen LogP contribution in [-0.2, 0) is 4.79 Å². The molecule has 0 spiro atoms. The van der Waals surface area contributed by atoms with Crippen molar-refractivity contribution in [2.75, 3.05) is 18.9 Å². The van der Waals surface area contributed by atoms with E-state index < -0.39 is 0 Å². The van der Waals surface area contributed by atoms with Crippen molar-refractivity contribution in [1.82, 2.24) is 10.1 Å². The Balaban J connectivity index is 1.97. The van der Waals surface area contributed by atoms with Crippen molar-refractivity contribution in [3.05, 3.63) is 33.2 Å². The summed E-state index contributed by atoms with van der Waals surface area (Å²) in [5, 5.41) is 6.26. The Morgan fingerprint density at radius 3 is 2.57 bits per heavy atom. The third-order valence-electron chi connectivity index (χ3n) is 2.89. The van der Waals surface area contributed by atoms with Crippen molar-refractivity contribution >= 4 is 29.0 Å². The van der Waals surface area contributed by atoms with Crippen LogP contribution < -0.4 is 5.32 Å². The van der Waals surface area contributed by atoms with E-state index in [1.807, 2.05) is 19.9 Å². The number of thiophene rings is 1. The molecule has 0 atom stereocenters. The van der Waals surface area contributed by atoms with Gasteiger partial charge in [0.05, 0.1) is 12.1 Å². The van der Waals surface area contributed by atoms with E-state index in [-0.39, 0.29) is 18.4 Å². The second-order valence-corrected chi connectivity index (χ2v) is 6.32. The smallest absolute Gasteiger partial charge is 0.255 e. The maximum atomic E-state index is 12.3. The minimum Gasteiger partial charge on any atom is -0.360 e. The van der Waals surface area contributed by atoms with E-state index >= 15 is 0 Å². The summed E-state index contributed by atoms with van der Waals surface area (Å²) in [5.74, 6) is 0.479. The first-order valence-electron chi connectivity index (χ1n) is 6.42. The summed E-state index contributed by atoms with van der Waals surface area (Å²) >= 11 is 1.57. The molecule has 0 unspecified atom stereocenters. The molecule has 0 aliphatic heterocycles. The van der Waals surface area contributed by atoms with Gasteiger partial charge in [-0.15, -0.1) is 11.3 Å². The van der Waals surface area contributed by atoms with Crippen molar-refractivity contribution < 1.29 is 14.1 Å². The number of hydrogen-bond donors (Lipinski definition) is 1. The van der Waals surface area contributed by atoms with Crippen LogP contribution in [0.3, 0.4) is 0 Å². The van der Waals surface area contributed by atoms with E-state index in [2.05, 4.69) is 10.5 Å². The third kappa shape index (κ3) is 3.69. The van der Waals surface area contributed by atoms with Crippen LogP contribution >= 0.6 is 11.3 Å². The fourth-order valence-corrected chi connectivity index (χ4v) is 2.86. The van der Waals surface area contributed by atoms with E-state index in [4.69, 9.17) is 4.52 Å². The van der Waals surface area contributed by atoms with E-state index in [9.17, 15) is 9.59 Å². The van der Waals surface area contributed by atoms with Gasteiger partial charge in [0.15, 0.2) is 5.82 Å². The Morgan fingerprint density at radius 1 is 1.33 bits per heavy atom. The first-order valence-corrected chi connectivity index (χ1v) is 7.24. The second kappa shape index (κ2) is 6.09. The van der Waals surface area contributed by atoms with Gasteiger partial charge < -0.3 is 14.7 Å². The average Bonchev–Trinajstić information content (AvgIpc) is 2.94. The number of nitrogens with zero attached hydrogens (tertiary/aromatic N) is 2. The number of anilines is 1. The summed E-state index contributed by atoms with van der Waals surface area (Å²) in [4.78, 5) is 27.6. The highest BCUT2D eigenvalue weighted by Crippen LogP contribution is 2.21. The molecule has 112 valence electrons. The zero-order chi connectivity index (χ0) is 15.6. The van der Waals surface area contributed by atoms with Crippen molar-refractivity contribution in [3.63, 3.8) is 0 Å². The maximum Gasteiger partial charge on any atom is 0.255 e. The number of hydrogen-bond acceptors (Lipinski definition) is 5. The Kier molecular flexibility index (Phi) is 4.42. The van der Waals surface area contributed by atoms with Crippen molar-refractivity contribution in [3.8, 4) is 0 Å². The van der Waals surface area contributed by atoms with Crippen molar-refractivity contribution in [2.24, 2.45) is 0 Å². The molecule has 2 heterocycles. The lowest BCUT2D eigenvalue weighted by Crippen LogP contribution is -2.35. The van der Waals surface area contributed by atoms with Gasteiger partial charge >= 0.3 is 0 Å². The monoisotopic (exact) mass is 307 g/mol. The van der Waals surface area contributed by atoms with Crippen molar-refractivity contribution in [2.45, 2.75) is 20.8 Å². The van der Waals surface area contributed by atoms with E-state index in [1.54, 1.807) is 31.4 Å². The number of rotatable bonds is 4. The average molecular weight is 307 g/mol. The number of nitrogens with one attached hydrogen (secondary N) is 1. The second-order valence-electron chi connectivity index (χ2n) is 4.86. The molecular weight excluding hydrogens is 290 g/mol. The summed E-state index contributed by atoms with van der Waals surface area (Å²) in [7, 11) is 1.60. The molecule has 2 aromatic heterocycles. The van der Waals surface area contributed by atoms with Crippen LogP contribution in [0.2, 0.25) is 0 Å². The van der Waals surface area contributed by atoms with Crippen LogP contribution in [0.5, 0.6) is 0 Å². The van der Waals surface area contributed by atoms with Gasteiger partial charge in [0.25, 0.3) is 5.91 Å². The standard InChI is InChI=1S/C14H17N3O3S/c1-8-5-12(16-20-8)15-13(18)7-17(4)14(19)11-6-9(2)21-10(11)3/h5-6H,7H2,1-4H3,(H,15,16,18). The minimum atomic E-state index is -0.316. The maximum absolute atomic E-state index is 12.3. The van der Waals surface area contributed by atoms with E-state index in [0.717, 1.165) is 9.75 Å². The van der Waals surface area contributed by atoms with Crippen LogP contribution in [0.4, 0.5) is 5.82 Å². The predicted molar refractivity (Wildman–Crippen MR) is 80.6 cm³/mol. The molecule has 7 heteroatoms. The van der Waals surface area contributed by atoms with Crippen LogP contribution in [0, 0.1) is 20.8 Å². The third-order valence-corrected chi connectivity index (χ3v) is 3.86. The van der Waals surface area contributed by atoms with Gasteiger partial charge in [0.2, 0.25) is 5.91 Å². The summed E-state index contributed by atoms with van der Waals surface area (Å²) < 4.78 is 4.86. The van der Waals surface area contributed by atoms with Gasteiger partial charge in [0.1, 0.15) is 5.76 Å². The highest BCUT2D eigenvalue weighted by Gasteiger charge is 2.19. The molecule has 21 heavy (non-hydrogen) atoms. The quantitative estimate of drug-likeness (QED) is 0.941. The summed E-state index contributed by atoms with van der Waals surface area (Å²) in [6.07, 6.45) is 0. The number of aromatic nitrogens is 1. The molecule has 0 saturated heterocycles. The lowest BCUT2D eigenvalue weighted by atomic mass is 10.2. The number of carbonyl (C=O) groups excluding carboxylic acids is 2. The van der Waals surface area contributed by atoms with E-state index in [1.165, 1.54) is 4.90 Å². The molecule has 0 saturated carbocycles. The molecular formula is C14H17N3O3S. The first kappa shape index (κ1) is 15.2. The van der Waals surface area contributed by atoms with Crippen LogP contribution in [-0.4, -0.2) is 35.5 Å². The summed E-state index contributed by atoms with van der Waals surface area (Å²) in [6.45, 7) is 5.55. The number of aryl methyl sites for hydroxylation is 3. The molecule has 1 N–H and O–H groups in total. The molecule has 6 nitrogen and oxygen atoms in total. The molecule has 0 radical (unpaired) electrons. The largest absolute Gasteiger partial charge is 0.360 e. The van der Waals surface area contributed by atoms with Crippen molar-refractivity contribution in [1.29, 1.82) is 0 Å². The number of likely N-dealkylation sites (N-methyl/N-ethyl adjacent to an activating group) is 1. The summed E-state index contributed by atoms with van der Waals surface area (Å²) in [5.41, 5.74) is 0.644. The molecule has 0 bridgehead atoms. The fraction of sp³-hybridized carbons (Fsp3) is 0.357. The van der Waals surface area contributed by atoms with Gasteiger partial charge in [-0.2, -0.15) is 0 Å². The first-order chi connectivity index (χ1) is 9.86. The SMILES string of the molecule is Cc1cc(NC(=O)CN(C)C(=O)c2cc(C)sc2C)no1. The Bertz CT molecular complexity index is 675. The molecule has 0 fully saturated rings. The number of carbonyl (C=O) groups is 2. The molecule has 0 aliphatic rings. The fourth-order valence-electron chi connectivity index (χ4n) is 1.94. The Morgan fingerprint density at radius 2 is 2.05 bits per heavy atom. The normalized spacial score (nSPS) is 10.5. The van der Waals surface area contributed by atoms with Gasteiger partial charge in [-0.3, -0.25) is 9.59 Å². The van der Waals surface area contributed by atoms with Gasteiger partial charge in [0, 0.05) is 22.9 Å². The zero-order valence-corrected chi connectivity index (χ0v) is 13.2. The lowest BCUT2D eigenvalue weighted by Gasteiger charge is -2.16. The van der Waals surface area contributed by atoms with E-state index in [0.29, 0.717) is 17.1 Å². The van der Waals surface area contributed by atoms with Gasteiger partial charge in [-0.1, -0.05) is 5.16 Å². The summed E-state index contributed by atoms with van der Waals surface area (Å²) in [6, 6.07) is 3.46. The van der Waals surface area contributed by atoms with Crippen LogP contribution in [0.1, 0.15) is 25.9 Å².